The van der Waals surface area contributed by atoms with Gasteiger partial charge in [-0.15, -0.1) is 0 Å². The lowest BCUT2D eigenvalue weighted by atomic mass is 10.1. The predicted molar refractivity (Wildman–Crippen MR) is 51.1 cm³/mol. The molecule has 12 heavy (non-hydrogen) atoms. The number of halogens is 2. The van der Waals surface area contributed by atoms with E-state index < -0.39 is 5.24 Å². The second-order valence-corrected chi connectivity index (χ2v) is 3.44. The van der Waals surface area contributed by atoms with Gasteiger partial charge in [-0.25, -0.2) is 0 Å². The van der Waals surface area contributed by atoms with Crippen molar-refractivity contribution in [3.05, 3.63) is 33.8 Å². The lowest BCUT2D eigenvalue weighted by Crippen LogP contribution is -1.93. The number of carbonyl (C=O) groups is 1. The van der Waals surface area contributed by atoms with E-state index in [4.69, 9.17) is 23.2 Å². The van der Waals surface area contributed by atoms with E-state index in [1.807, 2.05) is 13.8 Å². The topological polar surface area (TPSA) is 17.1 Å². The highest BCUT2D eigenvalue weighted by molar-refractivity contribution is 6.68. The van der Waals surface area contributed by atoms with E-state index in [0.717, 1.165) is 11.1 Å². The molecule has 1 aromatic rings. The van der Waals surface area contributed by atoms with Crippen molar-refractivity contribution < 1.29 is 4.79 Å². The van der Waals surface area contributed by atoms with Crippen LogP contribution in [0.25, 0.3) is 0 Å². The smallest absolute Gasteiger partial charge is 0.253 e. The van der Waals surface area contributed by atoms with Crippen LogP contribution in [0.4, 0.5) is 0 Å². The Balaban J connectivity index is 3.33. The van der Waals surface area contributed by atoms with Crippen LogP contribution in [0.15, 0.2) is 12.1 Å². The number of rotatable bonds is 1. The second-order valence-electron chi connectivity index (χ2n) is 2.69. The van der Waals surface area contributed by atoms with Gasteiger partial charge in [0.2, 0.25) is 0 Å². The number of hydrogen-bond donors (Lipinski definition) is 0. The lowest BCUT2D eigenvalue weighted by molar-refractivity contribution is 0.108. The van der Waals surface area contributed by atoms with Crippen LogP contribution in [0.2, 0.25) is 5.02 Å². The lowest BCUT2D eigenvalue weighted by Gasteiger charge is -2.03. The molecule has 0 N–H and O–H groups in total. The summed E-state index contributed by atoms with van der Waals surface area (Å²) in [6.07, 6.45) is 0. The Labute approximate surface area is 81.3 Å². The zero-order valence-corrected chi connectivity index (χ0v) is 8.33. The molecular weight excluding hydrogens is 195 g/mol. The molecule has 1 rings (SSSR count). The molecule has 64 valence electrons. The quantitative estimate of drug-likeness (QED) is 0.639. The highest BCUT2D eigenvalue weighted by Crippen LogP contribution is 2.22. The summed E-state index contributed by atoms with van der Waals surface area (Å²) < 4.78 is 0. The van der Waals surface area contributed by atoms with Crippen LogP contribution in [0.5, 0.6) is 0 Å². The van der Waals surface area contributed by atoms with Gasteiger partial charge in [0, 0.05) is 0 Å². The van der Waals surface area contributed by atoms with Crippen molar-refractivity contribution in [1.29, 1.82) is 0 Å². The molecule has 0 heterocycles. The maximum atomic E-state index is 10.8. The number of aryl methyl sites for hydroxylation is 2. The Hall–Kier alpha value is -0.530. The summed E-state index contributed by atoms with van der Waals surface area (Å²) in [5.74, 6) is 0. The summed E-state index contributed by atoms with van der Waals surface area (Å²) in [5, 5.41) is -0.0961. The SMILES string of the molecule is Cc1cc(Cl)c(C(=O)Cl)cc1C. The molecule has 0 fully saturated rings. The van der Waals surface area contributed by atoms with Crippen LogP contribution in [0, 0.1) is 13.8 Å². The van der Waals surface area contributed by atoms with Gasteiger partial charge in [0.1, 0.15) is 0 Å². The zero-order valence-electron chi connectivity index (χ0n) is 6.82. The molecule has 0 atom stereocenters. The third-order valence-corrected chi connectivity index (χ3v) is 2.31. The molecule has 0 aromatic heterocycles. The molecule has 3 heteroatoms. The van der Waals surface area contributed by atoms with Gasteiger partial charge in [-0.2, -0.15) is 0 Å². The third kappa shape index (κ3) is 1.79. The van der Waals surface area contributed by atoms with Crippen molar-refractivity contribution in [3.63, 3.8) is 0 Å². The van der Waals surface area contributed by atoms with E-state index in [2.05, 4.69) is 0 Å². The van der Waals surface area contributed by atoms with Crippen LogP contribution in [0.3, 0.4) is 0 Å². The van der Waals surface area contributed by atoms with Crippen molar-refractivity contribution in [1.82, 2.24) is 0 Å². The Bertz CT molecular complexity index is 332. The number of carbonyl (C=O) groups excluding carboxylic acids is 1. The summed E-state index contributed by atoms with van der Waals surface area (Å²) in [6, 6.07) is 3.44. The molecule has 0 radical (unpaired) electrons. The number of hydrogen-bond acceptors (Lipinski definition) is 1. The molecule has 0 bridgehead atoms. The van der Waals surface area contributed by atoms with E-state index in [0.29, 0.717) is 10.6 Å². The Morgan fingerprint density at radius 2 is 1.75 bits per heavy atom. The maximum Gasteiger partial charge on any atom is 0.253 e. The van der Waals surface area contributed by atoms with Crippen molar-refractivity contribution in [2.75, 3.05) is 0 Å². The molecular formula is C9H8Cl2O. The van der Waals surface area contributed by atoms with Crippen LogP contribution >= 0.6 is 23.2 Å². The minimum atomic E-state index is -0.511. The Morgan fingerprint density at radius 1 is 1.25 bits per heavy atom. The average Bonchev–Trinajstić information content (AvgIpc) is 1.96. The van der Waals surface area contributed by atoms with E-state index in [1.54, 1.807) is 12.1 Å². The van der Waals surface area contributed by atoms with Gasteiger partial charge in [0.15, 0.2) is 0 Å². The van der Waals surface area contributed by atoms with Gasteiger partial charge in [-0.05, 0) is 48.7 Å². The van der Waals surface area contributed by atoms with Crippen molar-refractivity contribution in [2.24, 2.45) is 0 Å². The maximum absolute atomic E-state index is 10.8. The van der Waals surface area contributed by atoms with Crippen LogP contribution < -0.4 is 0 Å². The first-order valence-electron chi connectivity index (χ1n) is 3.49. The average molecular weight is 203 g/mol. The molecule has 0 saturated heterocycles. The second kappa shape index (κ2) is 3.46. The molecule has 0 saturated carbocycles. The van der Waals surface area contributed by atoms with Crippen LogP contribution in [-0.2, 0) is 0 Å². The summed E-state index contributed by atoms with van der Waals surface area (Å²) in [5.41, 5.74) is 2.45. The van der Waals surface area contributed by atoms with Crippen LogP contribution in [-0.4, -0.2) is 5.24 Å². The first-order chi connectivity index (χ1) is 5.52. The molecule has 0 aliphatic heterocycles. The van der Waals surface area contributed by atoms with Gasteiger partial charge in [0.25, 0.3) is 5.24 Å². The normalized spacial score (nSPS) is 10.0. The molecule has 0 unspecified atom stereocenters. The van der Waals surface area contributed by atoms with Gasteiger partial charge >= 0.3 is 0 Å². The Kier molecular flexibility index (Phi) is 2.76. The van der Waals surface area contributed by atoms with Gasteiger partial charge < -0.3 is 0 Å². The minimum Gasteiger partial charge on any atom is -0.276 e. The highest BCUT2D eigenvalue weighted by Gasteiger charge is 2.08. The summed E-state index contributed by atoms with van der Waals surface area (Å²) in [4.78, 5) is 10.8. The fourth-order valence-corrected chi connectivity index (χ4v) is 1.44. The summed E-state index contributed by atoms with van der Waals surface area (Å²) in [6.45, 7) is 3.85. The molecule has 0 aliphatic carbocycles. The summed E-state index contributed by atoms with van der Waals surface area (Å²) >= 11 is 11.1. The predicted octanol–water partition coefficient (Wildman–Crippen LogP) is 3.34. The highest BCUT2D eigenvalue weighted by atomic mass is 35.5. The molecule has 0 spiro atoms. The van der Waals surface area contributed by atoms with Crippen molar-refractivity contribution in [2.45, 2.75) is 13.8 Å². The third-order valence-electron chi connectivity index (χ3n) is 1.80. The van der Waals surface area contributed by atoms with Gasteiger partial charge in [0.05, 0.1) is 10.6 Å². The fourth-order valence-electron chi connectivity index (χ4n) is 0.932. The van der Waals surface area contributed by atoms with E-state index >= 15 is 0 Å². The van der Waals surface area contributed by atoms with Gasteiger partial charge in [-0.1, -0.05) is 11.6 Å². The number of benzene rings is 1. The first-order valence-corrected chi connectivity index (χ1v) is 4.24. The first kappa shape index (κ1) is 9.56. The van der Waals surface area contributed by atoms with E-state index in [9.17, 15) is 4.79 Å². The zero-order chi connectivity index (χ0) is 9.30. The summed E-state index contributed by atoms with van der Waals surface area (Å²) in [7, 11) is 0. The largest absolute Gasteiger partial charge is 0.276 e. The molecule has 0 aliphatic rings. The molecule has 1 aromatic carbocycles. The molecule has 0 amide bonds. The van der Waals surface area contributed by atoms with E-state index in [-0.39, 0.29) is 0 Å². The monoisotopic (exact) mass is 202 g/mol. The molecule has 1 nitrogen and oxygen atoms in total. The van der Waals surface area contributed by atoms with Crippen LogP contribution in [0.1, 0.15) is 21.5 Å². The van der Waals surface area contributed by atoms with Crippen molar-refractivity contribution in [3.8, 4) is 0 Å². The minimum absolute atomic E-state index is 0.376. The van der Waals surface area contributed by atoms with Gasteiger partial charge in [-0.3, -0.25) is 4.79 Å². The fraction of sp³-hybridized carbons (Fsp3) is 0.222. The van der Waals surface area contributed by atoms with Crippen molar-refractivity contribution >= 4 is 28.4 Å². The Morgan fingerprint density at radius 3 is 2.25 bits per heavy atom. The van der Waals surface area contributed by atoms with E-state index in [1.165, 1.54) is 0 Å². The standard InChI is InChI=1S/C9H8Cl2O/c1-5-3-7(9(11)12)8(10)4-6(5)2/h3-4H,1-2H3.